The molecule has 2 heterocycles. The largest absolute Gasteiger partial charge is 0.352 e. The van der Waals surface area contributed by atoms with Crippen molar-refractivity contribution in [1.82, 2.24) is 24.8 Å². The van der Waals surface area contributed by atoms with Crippen LogP contribution in [0.4, 0.5) is 5.95 Å². The maximum atomic E-state index is 6.05. The number of rotatable bonds is 8. The van der Waals surface area contributed by atoms with Crippen molar-refractivity contribution in [3.63, 3.8) is 0 Å². The number of anilines is 1. The van der Waals surface area contributed by atoms with Crippen molar-refractivity contribution >= 4 is 17.5 Å². The molecule has 1 atom stereocenters. The van der Waals surface area contributed by atoms with Crippen molar-refractivity contribution in [3.8, 4) is 11.4 Å². The van der Waals surface area contributed by atoms with E-state index in [-0.39, 0.29) is 6.04 Å². The highest BCUT2D eigenvalue weighted by Crippen LogP contribution is 2.22. The van der Waals surface area contributed by atoms with Crippen LogP contribution in [-0.4, -0.2) is 45.0 Å². The van der Waals surface area contributed by atoms with E-state index in [1.54, 1.807) is 24.8 Å². The molecule has 1 unspecified atom stereocenters. The van der Waals surface area contributed by atoms with Gasteiger partial charge in [-0.25, -0.2) is 9.97 Å². The number of halogens is 1. The molecule has 1 N–H and O–H groups in total. The topological polar surface area (TPSA) is 66.8 Å². The molecule has 0 fully saturated rings. The summed E-state index contributed by atoms with van der Waals surface area (Å²) in [5.74, 6) is 0.571. The van der Waals surface area contributed by atoms with Crippen LogP contribution >= 0.6 is 11.6 Å². The summed E-state index contributed by atoms with van der Waals surface area (Å²) < 4.78 is 0. The molecule has 140 valence electrons. The van der Waals surface area contributed by atoms with Crippen LogP contribution in [0.5, 0.6) is 0 Å². The number of nitrogens with zero attached hydrogens (tertiary/aromatic N) is 5. The lowest BCUT2D eigenvalue weighted by atomic mass is 10.1. The number of benzene rings is 1. The number of aromatic nitrogens is 4. The fourth-order valence-corrected chi connectivity index (χ4v) is 3.05. The van der Waals surface area contributed by atoms with Gasteiger partial charge in [0.1, 0.15) is 5.69 Å². The first-order chi connectivity index (χ1) is 13.2. The zero-order chi connectivity index (χ0) is 19.1. The maximum Gasteiger partial charge on any atom is 0.223 e. The lowest BCUT2D eigenvalue weighted by molar-refractivity contribution is 0.255. The molecule has 0 saturated heterocycles. The number of hydrogen-bond donors (Lipinski definition) is 1. The predicted octanol–water partition coefficient (Wildman–Crippen LogP) is 4.08. The van der Waals surface area contributed by atoms with Gasteiger partial charge in [0.2, 0.25) is 5.95 Å². The number of hydrogen-bond acceptors (Lipinski definition) is 6. The predicted molar refractivity (Wildman–Crippen MR) is 109 cm³/mol. The van der Waals surface area contributed by atoms with Gasteiger partial charge < -0.3 is 5.32 Å². The van der Waals surface area contributed by atoms with E-state index >= 15 is 0 Å². The van der Waals surface area contributed by atoms with E-state index in [2.05, 4.69) is 56.3 Å². The highest BCUT2D eigenvalue weighted by molar-refractivity contribution is 6.30. The first kappa shape index (κ1) is 19.2. The average molecular weight is 383 g/mol. The number of likely N-dealkylation sites (N-methyl/N-ethyl adjacent to an activating group) is 1. The molecular weight excluding hydrogens is 360 g/mol. The second kappa shape index (κ2) is 9.39. The highest BCUT2D eigenvalue weighted by atomic mass is 35.5. The van der Waals surface area contributed by atoms with Gasteiger partial charge in [-0.3, -0.25) is 14.9 Å². The van der Waals surface area contributed by atoms with Gasteiger partial charge in [-0.05, 0) is 43.8 Å². The van der Waals surface area contributed by atoms with E-state index in [0.717, 1.165) is 29.4 Å². The molecule has 3 aromatic rings. The lowest BCUT2D eigenvalue weighted by Gasteiger charge is -2.28. The Labute approximate surface area is 164 Å². The molecule has 2 aromatic heterocycles. The van der Waals surface area contributed by atoms with E-state index in [0.29, 0.717) is 12.5 Å². The van der Waals surface area contributed by atoms with Crippen molar-refractivity contribution in [2.45, 2.75) is 19.4 Å². The van der Waals surface area contributed by atoms with Crippen molar-refractivity contribution in [3.05, 3.63) is 65.7 Å². The molecule has 0 saturated carbocycles. The maximum absolute atomic E-state index is 6.05. The Balaban J connectivity index is 1.76. The summed E-state index contributed by atoms with van der Waals surface area (Å²) in [5.41, 5.74) is 2.67. The third kappa shape index (κ3) is 5.21. The summed E-state index contributed by atoms with van der Waals surface area (Å²) in [6.07, 6.45) is 7.80. The minimum Gasteiger partial charge on any atom is -0.352 e. The molecular formula is C20H23ClN6. The standard InChI is InChI=1S/C20H23ClN6/c1-3-12-27(2)19(15-4-6-16(21)7-5-15)14-25-20-24-9-8-17(26-20)18-13-22-10-11-23-18/h4-11,13,19H,3,12,14H2,1-2H3,(H,24,25,26). The number of nitrogens with one attached hydrogen (secondary N) is 1. The Kier molecular flexibility index (Phi) is 6.68. The van der Waals surface area contributed by atoms with Crippen LogP contribution in [0.15, 0.2) is 55.1 Å². The van der Waals surface area contributed by atoms with Crippen molar-refractivity contribution < 1.29 is 0 Å². The summed E-state index contributed by atoms with van der Waals surface area (Å²) in [6, 6.07) is 10.00. The summed E-state index contributed by atoms with van der Waals surface area (Å²) in [7, 11) is 2.13. The van der Waals surface area contributed by atoms with E-state index < -0.39 is 0 Å². The van der Waals surface area contributed by atoms with Crippen LogP contribution in [-0.2, 0) is 0 Å². The minimum atomic E-state index is 0.186. The van der Waals surface area contributed by atoms with Gasteiger partial charge >= 0.3 is 0 Å². The Morgan fingerprint density at radius 3 is 2.56 bits per heavy atom. The third-order valence-electron chi connectivity index (χ3n) is 4.30. The smallest absolute Gasteiger partial charge is 0.223 e. The lowest BCUT2D eigenvalue weighted by Crippen LogP contribution is -2.31. The van der Waals surface area contributed by atoms with E-state index in [9.17, 15) is 0 Å². The highest BCUT2D eigenvalue weighted by Gasteiger charge is 2.17. The monoisotopic (exact) mass is 382 g/mol. The quantitative estimate of drug-likeness (QED) is 0.633. The Morgan fingerprint density at radius 1 is 1.04 bits per heavy atom. The molecule has 1 aromatic carbocycles. The SMILES string of the molecule is CCCN(C)C(CNc1nccc(-c2cnccn2)n1)c1ccc(Cl)cc1. The molecule has 0 aliphatic heterocycles. The van der Waals surface area contributed by atoms with Crippen LogP contribution in [0.25, 0.3) is 11.4 Å². The molecule has 27 heavy (non-hydrogen) atoms. The molecule has 0 radical (unpaired) electrons. The first-order valence-electron chi connectivity index (χ1n) is 8.96. The van der Waals surface area contributed by atoms with E-state index in [4.69, 9.17) is 11.6 Å². The molecule has 0 spiro atoms. The van der Waals surface area contributed by atoms with E-state index in [1.165, 1.54) is 5.56 Å². The summed E-state index contributed by atoms with van der Waals surface area (Å²) in [6.45, 7) is 3.86. The van der Waals surface area contributed by atoms with Crippen molar-refractivity contribution in [1.29, 1.82) is 0 Å². The van der Waals surface area contributed by atoms with Gasteiger partial charge in [0.05, 0.1) is 17.9 Å². The van der Waals surface area contributed by atoms with Gasteiger partial charge in [-0.2, -0.15) is 0 Å². The van der Waals surface area contributed by atoms with Gasteiger partial charge in [0.15, 0.2) is 0 Å². The van der Waals surface area contributed by atoms with Gasteiger partial charge in [-0.1, -0.05) is 30.7 Å². The van der Waals surface area contributed by atoms with E-state index in [1.807, 2.05) is 18.2 Å². The summed E-state index contributed by atoms with van der Waals surface area (Å²) in [5, 5.41) is 4.10. The molecule has 0 amide bonds. The zero-order valence-electron chi connectivity index (χ0n) is 15.5. The minimum absolute atomic E-state index is 0.186. The molecule has 0 bridgehead atoms. The second-order valence-electron chi connectivity index (χ2n) is 6.28. The summed E-state index contributed by atoms with van der Waals surface area (Å²) >= 11 is 6.05. The molecule has 7 heteroatoms. The van der Waals surface area contributed by atoms with Gasteiger partial charge in [0.25, 0.3) is 0 Å². The fraction of sp³-hybridized carbons (Fsp3) is 0.300. The molecule has 0 aliphatic rings. The second-order valence-corrected chi connectivity index (χ2v) is 6.72. The normalized spacial score (nSPS) is 12.1. The Bertz CT molecular complexity index is 841. The third-order valence-corrected chi connectivity index (χ3v) is 4.55. The summed E-state index contributed by atoms with van der Waals surface area (Å²) in [4.78, 5) is 19.6. The van der Waals surface area contributed by atoms with Crippen LogP contribution in [0.1, 0.15) is 24.9 Å². The van der Waals surface area contributed by atoms with Crippen LogP contribution in [0, 0.1) is 0 Å². The molecule has 0 aliphatic carbocycles. The van der Waals surface area contributed by atoms with Gasteiger partial charge in [-0.15, -0.1) is 0 Å². The Hall–Kier alpha value is -2.57. The van der Waals surface area contributed by atoms with Crippen molar-refractivity contribution in [2.75, 3.05) is 25.5 Å². The Morgan fingerprint density at radius 2 is 1.85 bits per heavy atom. The van der Waals surface area contributed by atoms with Gasteiger partial charge in [0, 0.05) is 30.2 Å². The molecule has 6 nitrogen and oxygen atoms in total. The van der Waals surface area contributed by atoms with Crippen LogP contribution in [0.3, 0.4) is 0 Å². The molecule has 3 rings (SSSR count). The van der Waals surface area contributed by atoms with Crippen LogP contribution < -0.4 is 5.32 Å². The fourth-order valence-electron chi connectivity index (χ4n) is 2.93. The first-order valence-corrected chi connectivity index (χ1v) is 9.34. The van der Waals surface area contributed by atoms with Crippen LogP contribution in [0.2, 0.25) is 5.02 Å². The average Bonchev–Trinajstić information content (AvgIpc) is 2.70. The van der Waals surface area contributed by atoms with Crippen molar-refractivity contribution in [2.24, 2.45) is 0 Å². The zero-order valence-corrected chi connectivity index (χ0v) is 16.3.